The predicted octanol–water partition coefficient (Wildman–Crippen LogP) is 4.48. The Morgan fingerprint density at radius 1 is 1.19 bits per heavy atom. The molecule has 2 aromatic carbocycles. The molecular formula is C23H25NO8. The van der Waals surface area contributed by atoms with Crippen molar-refractivity contribution in [2.24, 2.45) is 5.92 Å². The molecule has 1 aliphatic heterocycles. The zero-order valence-electron chi connectivity index (χ0n) is 17.7. The summed E-state index contributed by atoms with van der Waals surface area (Å²) in [7, 11) is 1.44. The number of ether oxygens (including phenoxy) is 4. The molecule has 0 radical (unpaired) electrons. The van der Waals surface area contributed by atoms with Gasteiger partial charge in [0.15, 0.2) is 23.0 Å². The number of phenols is 1. The SMILES string of the molecule is COc1ccc([C@H](OC(=O)Nc2ccc3c(c2)OCO3)[C@@H](C)CC/C=C/C(=O)O)cc1O. The molecule has 9 heteroatoms. The molecule has 3 rings (SSSR count). The number of allylic oxidation sites excluding steroid dienone is 1. The second kappa shape index (κ2) is 10.4. The largest absolute Gasteiger partial charge is 0.504 e. The average molecular weight is 443 g/mol. The number of anilines is 1. The minimum Gasteiger partial charge on any atom is -0.504 e. The zero-order chi connectivity index (χ0) is 23.1. The van der Waals surface area contributed by atoms with Gasteiger partial charge in [-0.2, -0.15) is 0 Å². The number of amides is 1. The number of nitrogens with one attached hydrogen (secondary N) is 1. The molecule has 0 saturated carbocycles. The molecule has 1 heterocycles. The molecule has 0 unspecified atom stereocenters. The third-order valence-electron chi connectivity index (χ3n) is 4.95. The van der Waals surface area contributed by atoms with Gasteiger partial charge in [-0.3, -0.25) is 5.32 Å². The highest BCUT2D eigenvalue weighted by atomic mass is 16.7. The standard InChI is InChI=1S/C23H25NO8/c1-14(5-3-4-6-21(26)27)22(15-7-9-18(29-2)17(25)11-15)32-23(28)24-16-8-10-19-20(12-16)31-13-30-19/h4,6-12,14,22,25H,3,5,13H2,1-2H3,(H,24,28)(H,26,27)/b6-4+/t14-,22+/m0/s1. The highest BCUT2D eigenvalue weighted by molar-refractivity contribution is 5.85. The van der Waals surface area contributed by atoms with Gasteiger partial charge in [0.25, 0.3) is 0 Å². The topological polar surface area (TPSA) is 124 Å². The first-order valence-electron chi connectivity index (χ1n) is 10.0. The van der Waals surface area contributed by atoms with Crippen LogP contribution in [0.5, 0.6) is 23.0 Å². The first kappa shape index (κ1) is 22.8. The highest BCUT2D eigenvalue weighted by Crippen LogP contribution is 2.36. The van der Waals surface area contributed by atoms with E-state index in [1.165, 1.54) is 13.2 Å². The van der Waals surface area contributed by atoms with Crippen LogP contribution in [0, 0.1) is 5.92 Å². The Balaban J connectivity index is 1.74. The molecule has 0 aromatic heterocycles. The van der Waals surface area contributed by atoms with E-state index in [1.54, 1.807) is 36.4 Å². The lowest BCUT2D eigenvalue weighted by molar-refractivity contribution is -0.131. The van der Waals surface area contributed by atoms with Gasteiger partial charge >= 0.3 is 12.1 Å². The number of rotatable bonds is 9. The summed E-state index contributed by atoms with van der Waals surface area (Å²) in [4.78, 5) is 23.3. The van der Waals surface area contributed by atoms with Crippen molar-refractivity contribution in [2.75, 3.05) is 19.2 Å². The van der Waals surface area contributed by atoms with Crippen LogP contribution in [-0.2, 0) is 9.53 Å². The lowest BCUT2D eigenvalue weighted by Gasteiger charge is -2.25. The van der Waals surface area contributed by atoms with Gasteiger partial charge in [-0.05, 0) is 48.6 Å². The van der Waals surface area contributed by atoms with Crippen LogP contribution in [0.25, 0.3) is 0 Å². The second-order valence-electron chi connectivity index (χ2n) is 7.25. The molecule has 3 N–H and O–H groups in total. The summed E-state index contributed by atoms with van der Waals surface area (Å²) in [6.07, 6.45) is 2.29. The molecule has 0 spiro atoms. The van der Waals surface area contributed by atoms with Crippen LogP contribution in [0.4, 0.5) is 10.5 Å². The number of carboxylic acid groups (broad SMARTS) is 1. The van der Waals surface area contributed by atoms with Crippen LogP contribution >= 0.6 is 0 Å². The highest BCUT2D eigenvalue weighted by Gasteiger charge is 2.25. The molecule has 1 aliphatic rings. The Labute approximate surface area is 185 Å². The minimum absolute atomic E-state index is 0.0762. The molecule has 2 atom stereocenters. The quantitative estimate of drug-likeness (QED) is 0.485. The van der Waals surface area contributed by atoms with Crippen molar-refractivity contribution in [3.63, 3.8) is 0 Å². The van der Waals surface area contributed by atoms with Gasteiger partial charge in [0.05, 0.1) is 7.11 Å². The van der Waals surface area contributed by atoms with Gasteiger partial charge in [-0.1, -0.05) is 19.1 Å². The van der Waals surface area contributed by atoms with Crippen LogP contribution in [0.3, 0.4) is 0 Å². The fourth-order valence-corrected chi connectivity index (χ4v) is 3.33. The zero-order valence-corrected chi connectivity index (χ0v) is 17.7. The van der Waals surface area contributed by atoms with Crippen LogP contribution in [0.15, 0.2) is 48.6 Å². The molecule has 32 heavy (non-hydrogen) atoms. The van der Waals surface area contributed by atoms with Crippen molar-refractivity contribution in [1.82, 2.24) is 0 Å². The normalized spacial score (nSPS) is 14.1. The number of phenolic OH excluding ortho intramolecular Hbond substituents is 1. The number of carboxylic acids is 1. The van der Waals surface area contributed by atoms with Gasteiger partial charge in [0.1, 0.15) is 6.10 Å². The average Bonchev–Trinajstić information content (AvgIpc) is 3.22. The summed E-state index contributed by atoms with van der Waals surface area (Å²) in [5.74, 6) is 0.149. The second-order valence-corrected chi connectivity index (χ2v) is 7.25. The molecule has 0 bridgehead atoms. The predicted molar refractivity (Wildman–Crippen MR) is 115 cm³/mol. The Kier molecular flexibility index (Phi) is 7.43. The maximum atomic E-state index is 12.6. The van der Waals surface area contributed by atoms with Crippen molar-refractivity contribution < 1.29 is 38.7 Å². The van der Waals surface area contributed by atoms with Gasteiger partial charge in [0, 0.05) is 17.8 Å². The van der Waals surface area contributed by atoms with Crippen molar-refractivity contribution >= 4 is 17.7 Å². The fourth-order valence-electron chi connectivity index (χ4n) is 3.33. The Morgan fingerprint density at radius 3 is 2.69 bits per heavy atom. The van der Waals surface area contributed by atoms with E-state index in [0.717, 1.165) is 6.08 Å². The number of aromatic hydroxyl groups is 1. The summed E-state index contributed by atoms with van der Waals surface area (Å²) in [6.45, 7) is 2.01. The monoisotopic (exact) mass is 443 g/mol. The number of methoxy groups -OCH3 is 1. The molecule has 2 aromatic rings. The van der Waals surface area contributed by atoms with Crippen LogP contribution < -0.4 is 19.5 Å². The van der Waals surface area contributed by atoms with Crippen LogP contribution in [-0.4, -0.2) is 36.2 Å². The van der Waals surface area contributed by atoms with Gasteiger partial charge in [-0.25, -0.2) is 9.59 Å². The fraction of sp³-hybridized carbons (Fsp3) is 0.304. The molecule has 170 valence electrons. The molecule has 9 nitrogen and oxygen atoms in total. The molecule has 0 aliphatic carbocycles. The lowest BCUT2D eigenvalue weighted by atomic mass is 9.92. The lowest BCUT2D eigenvalue weighted by Crippen LogP contribution is -2.22. The number of hydrogen-bond acceptors (Lipinski definition) is 7. The van der Waals surface area contributed by atoms with E-state index in [2.05, 4.69) is 5.32 Å². The first-order valence-corrected chi connectivity index (χ1v) is 10.0. The molecule has 0 fully saturated rings. The number of hydrogen-bond donors (Lipinski definition) is 3. The number of aliphatic carboxylic acids is 1. The Morgan fingerprint density at radius 2 is 1.97 bits per heavy atom. The van der Waals surface area contributed by atoms with E-state index in [0.29, 0.717) is 41.3 Å². The molecule has 1 amide bonds. The maximum Gasteiger partial charge on any atom is 0.412 e. The van der Waals surface area contributed by atoms with Gasteiger partial charge in [0.2, 0.25) is 6.79 Å². The summed E-state index contributed by atoms with van der Waals surface area (Å²) < 4.78 is 21.4. The van der Waals surface area contributed by atoms with E-state index >= 15 is 0 Å². The molecule has 0 saturated heterocycles. The van der Waals surface area contributed by atoms with Crippen molar-refractivity contribution in [1.29, 1.82) is 0 Å². The Bertz CT molecular complexity index is 1000. The van der Waals surface area contributed by atoms with E-state index in [9.17, 15) is 14.7 Å². The summed E-state index contributed by atoms with van der Waals surface area (Å²) in [5, 5.41) is 21.6. The summed E-state index contributed by atoms with van der Waals surface area (Å²) in [6, 6.07) is 9.78. The van der Waals surface area contributed by atoms with Gasteiger partial charge < -0.3 is 29.2 Å². The summed E-state index contributed by atoms with van der Waals surface area (Å²) >= 11 is 0. The smallest absolute Gasteiger partial charge is 0.412 e. The maximum absolute atomic E-state index is 12.6. The summed E-state index contributed by atoms with van der Waals surface area (Å²) in [5.41, 5.74) is 1.06. The minimum atomic E-state index is -1.02. The van der Waals surface area contributed by atoms with Crippen LogP contribution in [0.2, 0.25) is 0 Å². The number of carbonyl (C=O) groups excluding carboxylic acids is 1. The van der Waals surface area contributed by atoms with Crippen molar-refractivity contribution in [3.05, 3.63) is 54.1 Å². The third-order valence-corrected chi connectivity index (χ3v) is 4.95. The van der Waals surface area contributed by atoms with E-state index in [4.69, 9.17) is 24.1 Å². The van der Waals surface area contributed by atoms with E-state index < -0.39 is 18.2 Å². The van der Waals surface area contributed by atoms with Crippen molar-refractivity contribution in [3.8, 4) is 23.0 Å². The van der Waals surface area contributed by atoms with Crippen molar-refractivity contribution in [2.45, 2.75) is 25.9 Å². The van der Waals surface area contributed by atoms with Crippen LogP contribution in [0.1, 0.15) is 31.4 Å². The van der Waals surface area contributed by atoms with E-state index in [-0.39, 0.29) is 18.5 Å². The Hall–Kier alpha value is -3.88. The molecular weight excluding hydrogens is 418 g/mol. The van der Waals surface area contributed by atoms with E-state index in [1.807, 2.05) is 6.92 Å². The number of fused-ring (bicyclic) bond motifs is 1. The third kappa shape index (κ3) is 5.84. The van der Waals surface area contributed by atoms with Gasteiger partial charge in [-0.15, -0.1) is 0 Å². The number of carbonyl (C=O) groups is 2. The number of benzene rings is 2. The first-order chi connectivity index (χ1) is 15.4.